The highest BCUT2D eigenvalue weighted by atomic mass is 16.6. The third-order valence-electron chi connectivity index (χ3n) is 7.85. The zero-order chi connectivity index (χ0) is 29.0. The van der Waals surface area contributed by atoms with E-state index < -0.39 is 40.7 Å². The fraction of sp³-hybridized carbons (Fsp3) is 0.344. The second kappa shape index (κ2) is 9.48. The average molecular weight is 543 g/mol. The molecule has 0 aromatic heterocycles. The summed E-state index contributed by atoms with van der Waals surface area (Å²) in [5.41, 5.74) is -0.467. The van der Waals surface area contributed by atoms with Crippen LogP contribution in [0.1, 0.15) is 73.1 Å². The van der Waals surface area contributed by atoms with Crippen molar-refractivity contribution in [1.82, 2.24) is 10.2 Å². The minimum atomic E-state index is -2.22. The summed E-state index contributed by atoms with van der Waals surface area (Å²) in [5.74, 6) is -3.01. The molecule has 3 atom stereocenters. The van der Waals surface area contributed by atoms with E-state index in [0.717, 1.165) is 16.0 Å². The Morgan fingerprint density at radius 3 is 2.25 bits per heavy atom. The van der Waals surface area contributed by atoms with Crippen LogP contribution in [-0.4, -0.2) is 44.5 Å². The molecule has 0 saturated heterocycles. The van der Waals surface area contributed by atoms with Crippen molar-refractivity contribution in [2.45, 2.75) is 69.9 Å². The summed E-state index contributed by atoms with van der Waals surface area (Å²) < 4.78 is 6.17. The van der Waals surface area contributed by atoms with Crippen LogP contribution in [0.2, 0.25) is 0 Å². The Bertz CT molecular complexity index is 1490. The predicted octanol–water partition coefficient (Wildman–Crippen LogP) is 4.95. The minimum Gasteiger partial charge on any atom is -0.465 e. The molecule has 5 rings (SSSR count). The molecule has 8 heteroatoms. The molecule has 2 aliphatic rings. The quantitative estimate of drug-likeness (QED) is 0.406. The van der Waals surface area contributed by atoms with Gasteiger partial charge in [-0.15, -0.1) is 0 Å². The normalized spacial score (nSPS) is 21.7. The van der Waals surface area contributed by atoms with E-state index in [4.69, 9.17) is 4.74 Å². The number of fused-ring (bicyclic) bond motifs is 5. The third-order valence-corrected chi connectivity index (χ3v) is 7.85. The van der Waals surface area contributed by atoms with Crippen LogP contribution in [0.3, 0.4) is 0 Å². The molecule has 2 unspecified atom stereocenters. The second-order valence-corrected chi connectivity index (χ2v) is 11.8. The maximum atomic E-state index is 14.3. The fourth-order valence-electron chi connectivity index (χ4n) is 5.93. The number of carbonyl (C=O) groups excluding carboxylic acids is 2. The zero-order valence-corrected chi connectivity index (χ0v) is 23.3. The Morgan fingerprint density at radius 1 is 0.975 bits per heavy atom. The van der Waals surface area contributed by atoms with Crippen molar-refractivity contribution in [2.75, 3.05) is 0 Å². The Labute approximate surface area is 233 Å². The van der Waals surface area contributed by atoms with Crippen LogP contribution in [0.5, 0.6) is 5.75 Å². The highest BCUT2D eigenvalue weighted by Gasteiger charge is 2.72. The third kappa shape index (κ3) is 4.05. The Hall–Kier alpha value is -4.17. The van der Waals surface area contributed by atoms with Gasteiger partial charge in [-0.3, -0.25) is 14.5 Å². The van der Waals surface area contributed by atoms with Gasteiger partial charge in [0.05, 0.1) is 0 Å². The van der Waals surface area contributed by atoms with Crippen molar-refractivity contribution < 1.29 is 29.3 Å². The van der Waals surface area contributed by atoms with Gasteiger partial charge in [-0.1, -0.05) is 80.6 Å². The molecule has 1 heterocycles. The highest BCUT2D eigenvalue weighted by molar-refractivity contribution is 6.12. The zero-order valence-electron chi connectivity index (χ0n) is 23.3. The summed E-state index contributed by atoms with van der Waals surface area (Å²) in [4.78, 5) is 42.2. The summed E-state index contributed by atoms with van der Waals surface area (Å²) in [6.45, 7) is 9.16. The van der Waals surface area contributed by atoms with Gasteiger partial charge in [-0.05, 0) is 43.9 Å². The number of ether oxygens (including phenoxy) is 1. The number of hydrogen-bond acceptors (Lipinski definition) is 5. The molecule has 0 bridgehead atoms. The predicted molar refractivity (Wildman–Crippen MR) is 149 cm³/mol. The molecule has 40 heavy (non-hydrogen) atoms. The molecule has 0 saturated carbocycles. The van der Waals surface area contributed by atoms with Crippen molar-refractivity contribution in [3.8, 4) is 5.75 Å². The van der Waals surface area contributed by atoms with E-state index in [-0.39, 0.29) is 23.5 Å². The molecule has 3 aromatic rings. The van der Waals surface area contributed by atoms with Crippen LogP contribution in [0, 0.1) is 0 Å². The van der Waals surface area contributed by atoms with Crippen LogP contribution >= 0.6 is 0 Å². The van der Waals surface area contributed by atoms with Gasteiger partial charge in [-0.25, -0.2) is 4.79 Å². The largest absolute Gasteiger partial charge is 0.465 e. The number of nitrogens with zero attached hydrogens (tertiary/aromatic N) is 1. The number of carboxylic acid groups (broad SMARTS) is 1. The molecule has 0 fully saturated rings. The number of carbonyl (C=O) groups is 3. The summed E-state index contributed by atoms with van der Waals surface area (Å²) in [6.07, 6.45) is -1.21. The van der Waals surface area contributed by atoms with Crippen molar-refractivity contribution in [3.05, 3.63) is 101 Å². The van der Waals surface area contributed by atoms with E-state index in [1.807, 2.05) is 50.2 Å². The van der Waals surface area contributed by atoms with E-state index in [2.05, 4.69) is 5.32 Å². The molecule has 3 N–H and O–H groups in total. The molecule has 1 aliphatic carbocycles. The van der Waals surface area contributed by atoms with E-state index in [9.17, 15) is 24.6 Å². The summed E-state index contributed by atoms with van der Waals surface area (Å²) >= 11 is 0. The highest BCUT2D eigenvalue weighted by Crippen LogP contribution is 2.58. The summed E-state index contributed by atoms with van der Waals surface area (Å²) in [6, 6.07) is 19.8. The molecular weight excluding hydrogens is 508 g/mol. The fourth-order valence-corrected chi connectivity index (χ4v) is 5.93. The lowest BCUT2D eigenvalue weighted by Crippen LogP contribution is -2.65. The van der Waals surface area contributed by atoms with Crippen molar-refractivity contribution in [1.29, 1.82) is 0 Å². The van der Waals surface area contributed by atoms with Gasteiger partial charge in [0.1, 0.15) is 11.8 Å². The number of nitrogens with one attached hydrogen (secondary N) is 1. The number of hydrogen-bond donors (Lipinski definition) is 3. The maximum Gasteiger partial charge on any atom is 0.408 e. The molecule has 3 aromatic carbocycles. The van der Waals surface area contributed by atoms with Gasteiger partial charge in [0.25, 0.3) is 5.79 Å². The van der Waals surface area contributed by atoms with Crippen LogP contribution < -0.4 is 10.1 Å². The Morgan fingerprint density at radius 2 is 1.62 bits per heavy atom. The monoisotopic (exact) mass is 542 g/mol. The van der Waals surface area contributed by atoms with E-state index in [0.29, 0.717) is 11.3 Å². The second-order valence-electron chi connectivity index (χ2n) is 11.8. The van der Waals surface area contributed by atoms with Gasteiger partial charge < -0.3 is 20.3 Å². The Balaban J connectivity index is 1.67. The lowest BCUT2D eigenvalue weighted by Gasteiger charge is -2.41. The lowest BCUT2D eigenvalue weighted by atomic mass is 9.81. The summed E-state index contributed by atoms with van der Waals surface area (Å²) in [5, 5.41) is 25.3. The van der Waals surface area contributed by atoms with Gasteiger partial charge in [0.2, 0.25) is 17.2 Å². The maximum absolute atomic E-state index is 14.3. The first-order valence-electron chi connectivity index (χ1n) is 13.4. The van der Waals surface area contributed by atoms with Crippen LogP contribution in [0.25, 0.3) is 0 Å². The molecular formula is C32H34N2O6. The lowest BCUT2D eigenvalue weighted by molar-refractivity contribution is -0.176. The molecule has 1 aliphatic heterocycles. The van der Waals surface area contributed by atoms with Gasteiger partial charge >= 0.3 is 6.09 Å². The number of aliphatic hydroxyl groups is 1. The SMILES string of the molecule is CC(C)c1ccc2c(c1)OC1(O)c3ccccc3C(=O)C21NC(=O)[C@@H](Cc1ccccc1)N(C(=O)O)C(C)(C)C. The topological polar surface area (TPSA) is 116 Å². The molecule has 208 valence electrons. The number of amides is 2. The van der Waals surface area contributed by atoms with Gasteiger partial charge in [0, 0.05) is 28.7 Å². The first kappa shape index (κ1) is 27.4. The van der Waals surface area contributed by atoms with Crippen LogP contribution in [0.15, 0.2) is 72.8 Å². The standard InChI is InChI=1S/C32H34N2O6/c1-19(2)21-15-16-24-26(18-21)40-32(39)23-14-10-9-13-22(23)27(35)31(24,32)33-28(36)25(17-20-11-7-6-8-12-20)34(29(37)38)30(3,4)5/h6-16,18-19,25,39H,17H2,1-5H3,(H,33,36)(H,37,38)/t25-,31?,32?/m1/s1. The number of benzene rings is 3. The van der Waals surface area contributed by atoms with Crippen molar-refractivity contribution in [2.24, 2.45) is 0 Å². The molecule has 8 nitrogen and oxygen atoms in total. The van der Waals surface area contributed by atoms with Gasteiger partial charge in [-0.2, -0.15) is 0 Å². The van der Waals surface area contributed by atoms with E-state index in [1.165, 1.54) is 0 Å². The number of Topliss-reactive ketones (excluding diaryl/α,β-unsaturated/α-hetero) is 1. The molecule has 0 radical (unpaired) electrons. The van der Waals surface area contributed by atoms with Crippen LogP contribution in [-0.2, 0) is 22.5 Å². The minimum absolute atomic E-state index is 0.0614. The molecule has 2 amide bonds. The average Bonchev–Trinajstić information content (AvgIpc) is 3.25. The summed E-state index contributed by atoms with van der Waals surface area (Å²) in [7, 11) is 0. The van der Waals surface area contributed by atoms with Crippen molar-refractivity contribution in [3.63, 3.8) is 0 Å². The van der Waals surface area contributed by atoms with E-state index in [1.54, 1.807) is 57.2 Å². The Kier molecular flexibility index (Phi) is 6.50. The number of ketones is 1. The first-order chi connectivity index (χ1) is 18.8. The smallest absolute Gasteiger partial charge is 0.408 e. The van der Waals surface area contributed by atoms with Gasteiger partial charge in [0.15, 0.2) is 0 Å². The molecule has 0 spiro atoms. The van der Waals surface area contributed by atoms with Crippen molar-refractivity contribution >= 4 is 17.8 Å². The van der Waals surface area contributed by atoms with Crippen LogP contribution in [0.4, 0.5) is 4.79 Å². The number of rotatable bonds is 6. The first-order valence-corrected chi connectivity index (χ1v) is 13.4. The van der Waals surface area contributed by atoms with E-state index >= 15 is 0 Å².